The Kier molecular flexibility index (Phi) is 5.46. The number of nitrogens with zero attached hydrogens (tertiary/aromatic N) is 1. The largest absolute Gasteiger partial charge is 0.480 e. The molecular weight excluding hydrogens is 204 g/mol. The fraction of sp³-hybridized carbons (Fsp3) is 0.750. The number of aliphatic hydroxyl groups is 1. The highest BCUT2D eigenvalue weighted by Gasteiger charge is 2.27. The molecule has 0 aromatic carbocycles. The van der Waals surface area contributed by atoms with Gasteiger partial charge in [-0.3, -0.25) is 4.79 Å². The lowest BCUT2D eigenvalue weighted by atomic mass is 10.0. The lowest BCUT2D eigenvalue weighted by Gasteiger charge is -2.16. The first-order valence-corrected chi connectivity index (χ1v) is 4.40. The van der Waals surface area contributed by atoms with Crippen molar-refractivity contribution in [1.29, 1.82) is 0 Å². The molecular formula is C8H14N2O5. The molecule has 0 aliphatic carbocycles. The van der Waals surface area contributed by atoms with Crippen LogP contribution >= 0.6 is 0 Å². The van der Waals surface area contributed by atoms with Gasteiger partial charge in [-0.25, -0.2) is 4.79 Å². The third-order valence-corrected chi connectivity index (χ3v) is 1.81. The Bertz CT molecular complexity index is 253. The number of rotatable bonds is 6. The number of aliphatic carboxylic acids is 1. The van der Waals surface area contributed by atoms with Crippen LogP contribution in [-0.2, 0) is 9.59 Å². The van der Waals surface area contributed by atoms with Crippen LogP contribution in [0.25, 0.3) is 0 Å². The molecule has 0 radical (unpaired) electrons. The van der Waals surface area contributed by atoms with Crippen LogP contribution in [0, 0.1) is 10.8 Å². The number of carboxylic acid groups (broad SMARTS) is 1. The molecule has 2 atom stereocenters. The standard InChI is InChI=1S/C8H14N2O5/c1-4(2)6(10-15)7(12)9-5(3-11)8(13)14/h4-6,11H,3H2,1-2H3,(H,9,12)(H,13,14)/t5-,6-/m0/s1. The summed E-state index contributed by atoms with van der Waals surface area (Å²) in [6.45, 7) is 2.49. The van der Waals surface area contributed by atoms with Crippen molar-refractivity contribution in [3.63, 3.8) is 0 Å². The van der Waals surface area contributed by atoms with Gasteiger partial charge in [-0.2, -0.15) is 0 Å². The van der Waals surface area contributed by atoms with Gasteiger partial charge in [0, 0.05) is 0 Å². The van der Waals surface area contributed by atoms with E-state index in [4.69, 9.17) is 10.2 Å². The lowest BCUT2D eigenvalue weighted by molar-refractivity contribution is -0.143. The lowest BCUT2D eigenvalue weighted by Crippen LogP contribution is -2.48. The van der Waals surface area contributed by atoms with Crippen molar-refractivity contribution < 1.29 is 19.8 Å². The molecule has 0 aromatic rings. The van der Waals surface area contributed by atoms with E-state index in [0.29, 0.717) is 0 Å². The van der Waals surface area contributed by atoms with E-state index in [0.717, 1.165) is 0 Å². The van der Waals surface area contributed by atoms with E-state index >= 15 is 0 Å². The monoisotopic (exact) mass is 218 g/mol. The zero-order valence-electron chi connectivity index (χ0n) is 8.51. The minimum absolute atomic E-state index is 0.323. The number of hydrogen-bond donors (Lipinski definition) is 3. The molecule has 0 aromatic heterocycles. The maximum absolute atomic E-state index is 11.3. The summed E-state index contributed by atoms with van der Waals surface area (Å²) >= 11 is 0. The second kappa shape index (κ2) is 6.07. The van der Waals surface area contributed by atoms with Crippen LogP contribution in [0.3, 0.4) is 0 Å². The molecule has 7 heteroatoms. The van der Waals surface area contributed by atoms with Crippen molar-refractivity contribution in [3.8, 4) is 0 Å². The van der Waals surface area contributed by atoms with E-state index in [-0.39, 0.29) is 5.92 Å². The maximum atomic E-state index is 11.3. The van der Waals surface area contributed by atoms with E-state index in [9.17, 15) is 14.5 Å². The zero-order valence-corrected chi connectivity index (χ0v) is 8.51. The fourth-order valence-electron chi connectivity index (χ4n) is 0.915. The van der Waals surface area contributed by atoms with Gasteiger partial charge in [0.1, 0.15) is 6.04 Å². The van der Waals surface area contributed by atoms with E-state index in [2.05, 4.69) is 5.18 Å². The van der Waals surface area contributed by atoms with Gasteiger partial charge >= 0.3 is 5.97 Å². The average Bonchev–Trinajstić information content (AvgIpc) is 2.14. The number of nitroso groups, excluding NO2 is 1. The first-order chi connectivity index (χ1) is 6.93. The third kappa shape index (κ3) is 4.03. The topological polar surface area (TPSA) is 116 Å². The Morgan fingerprint density at radius 2 is 1.93 bits per heavy atom. The molecule has 3 N–H and O–H groups in total. The van der Waals surface area contributed by atoms with Gasteiger partial charge in [0.25, 0.3) is 0 Å². The molecule has 0 unspecified atom stereocenters. The summed E-state index contributed by atoms with van der Waals surface area (Å²) in [5.74, 6) is -2.48. The summed E-state index contributed by atoms with van der Waals surface area (Å²) < 4.78 is 0. The Morgan fingerprint density at radius 1 is 1.40 bits per heavy atom. The summed E-state index contributed by atoms with van der Waals surface area (Å²) in [7, 11) is 0. The summed E-state index contributed by atoms with van der Waals surface area (Å²) in [6, 6.07) is -2.54. The van der Waals surface area contributed by atoms with E-state index < -0.39 is 30.6 Å². The minimum Gasteiger partial charge on any atom is -0.480 e. The summed E-state index contributed by atoms with van der Waals surface area (Å²) in [5, 5.41) is 21.8. The van der Waals surface area contributed by atoms with Crippen LogP contribution in [0.1, 0.15) is 13.8 Å². The highest BCUT2D eigenvalue weighted by atomic mass is 16.4. The molecule has 0 aliphatic rings. The van der Waals surface area contributed by atoms with Crippen molar-refractivity contribution in [2.75, 3.05) is 6.61 Å². The van der Waals surface area contributed by atoms with Crippen LogP contribution in [0.2, 0.25) is 0 Å². The molecule has 15 heavy (non-hydrogen) atoms. The smallest absolute Gasteiger partial charge is 0.328 e. The number of amides is 1. The molecule has 0 fully saturated rings. The molecule has 0 spiro atoms. The normalized spacial score (nSPS) is 14.4. The molecule has 1 amide bonds. The molecule has 0 bridgehead atoms. The van der Waals surface area contributed by atoms with Crippen LogP contribution in [0.15, 0.2) is 5.18 Å². The molecule has 0 heterocycles. The van der Waals surface area contributed by atoms with Crippen molar-refractivity contribution in [1.82, 2.24) is 5.32 Å². The number of hydrogen-bond acceptors (Lipinski definition) is 5. The van der Waals surface area contributed by atoms with Crippen LogP contribution in [0.4, 0.5) is 0 Å². The van der Waals surface area contributed by atoms with E-state index in [1.165, 1.54) is 0 Å². The SMILES string of the molecule is CC(C)[C@H](N=O)C(=O)N[C@@H](CO)C(=O)O. The van der Waals surface area contributed by atoms with Crippen molar-refractivity contribution in [2.24, 2.45) is 11.1 Å². The van der Waals surface area contributed by atoms with Crippen LogP contribution in [0.5, 0.6) is 0 Å². The first-order valence-electron chi connectivity index (χ1n) is 4.40. The van der Waals surface area contributed by atoms with Gasteiger partial charge in [-0.15, -0.1) is 4.91 Å². The third-order valence-electron chi connectivity index (χ3n) is 1.81. The Hall–Kier alpha value is -1.50. The predicted molar refractivity (Wildman–Crippen MR) is 51.1 cm³/mol. The molecule has 0 saturated carbocycles. The van der Waals surface area contributed by atoms with Crippen molar-refractivity contribution >= 4 is 11.9 Å². The zero-order chi connectivity index (χ0) is 12.0. The molecule has 0 rings (SSSR count). The van der Waals surface area contributed by atoms with Gasteiger partial charge in [0.05, 0.1) is 6.61 Å². The second-order valence-corrected chi connectivity index (χ2v) is 3.38. The Labute approximate surface area is 86.4 Å². The number of carbonyl (C=O) groups excluding carboxylic acids is 1. The quantitative estimate of drug-likeness (QED) is 0.512. The highest BCUT2D eigenvalue weighted by molar-refractivity contribution is 5.87. The molecule has 86 valence electrons. The van der Waals surface area contributed by atoms with Crippen molar-refractivity contribution in [3.05, 3.63) is 4.91 Å². The Balaban J connectivity index is 4.44. The van der Waals surface area contributed by atoms with E-state index in [1.807, 2.05) is 5.32 Å². The number of aliphatic hydroxyl groups excluding tert-OH is 1. The van der Waals surface area contributed by atoms with Gasteiger partial charge in [-0.1, -0.05) is 19.0 Å². The predicted octanol–water partition coefficient (Wildman–Crippen LogP) is -0.661. The van der Waals surface area contributed by atoms with Gasteiger partial charge in [0.2, 0.25) is 5.91 Å². The highest BCUT2D eigenvalue weighted by Crippen LogP contribution is 2.06. The number of carbonyl (C=O) groups is 2. The average molecular weight is 218 g/mol. The van der Waals surface area contributed by atoms with Gasteiger partial charge < -0.3 is 15.5 Å². The molecule has 7 nitrogen and oxygen atoms in total. The van der Waals surface area contributed by atoms with Crippen molar-refractivity contribution in [2.45, 2.75) is 25.9 Å². The van der Waals surface area contributed by atoms with Crippen LogP contribution < -0.4 is 5.32 Å². The summed E-state index contributed by atoms with van der Waals surface area (Å²) in [6.07, 6.45) is 0. The molecule has 0 aliphatic heterocycles. The number of nitrogens with one attached hydrogen (secondary N) is 1. The maximum Gasteiger partial charge on any atom is 0.328 e. The molecule has 0 saturated heterocycles. The minimum atomic E-state index is -1.40. The van der Waals surface area contributed by atoms with Gasteiger partial charge in [-0.05, 0) is 5.92 Å². The number of carboxylic acids is 1. The second-order valence-electron chi connectivity index (χ2n) is 3.38. The summed E-state index contributed by atoms with van der Waals surface area (Å²) in [4.78, 5) is 32.1. The fourth-order valence-corrected chi connectivity index (χ4v) is 0.915. The van der Waals surface area contributed by atoms with E-state index in [1.54, 1.807) is 13.8 Å². The van der Waals surface area contributed by atoms with Gasteiger partial charge in [0.15, 0.2) is 6.04 Å². The Morgan fingerprint density at radius 3 is 2.20 bits per heavy atom. The first kappa shape index (κ1) is 13.5. The van der Waals surface area contributed by atoms with Crippen LogP contribution in [-0.4, -0.2) is 40.8 Å². The summed E-state index contributed by atoms with van der Waals surface area (Å²) in [5.41, 5.74) is 0.